The highest BCUT2D eigenvalue weighted by atomic mass is 35.5. The smallest absolute Gasteiger partial charge is 0.0527 e. The van der Waals surface area contributed by atoms with Crippen LogP contribution in [0.4, 0.5) is 0 Å². The van der Waals surface area contributed by atoms with Gasteiger partial charge in [0.15, 0.2) is 0 Å². The van der Waals surface area contributed by atoms with Gasteiger partial charge in [0.25, 0.3) is 0 Å². The summed E-state index contributed by atoms with van der Waals surface area (Å²) in [4.78, 5) is 2.45. The van der Waals surface area contributed by atoms with E-state index >= 15 is 0 Å². The van der Waals surface area contributed by atoms with Crippen LogP contribution in [0.25, 0.3) is 0 Å². The number of aliphatic hydroxyl groups is 1. The first-order valence-electron chi connectivity index (χ1n) is 11.1. The molecule has 0 aromatic rings. The third-order valence-corrected chi connectivity index (χ3v) is 5.74. The minimum absolute atomic E-state index is 0.244. The highest BCUT2D eigenvalue weighted by Crippen LogP contribution is 2.21. The number of rotatable bonds is 18. The number of alkyl halides is 1. The molecule has 0 fully saturated rings. The van der Waals surface area contributed by atoms with Gasteiger partial charge in [-0.15, -0.1) is 11.6 Å². The Bertz CT molecular complexity index is 269. The van der Waals surface area contributed by atoms with Crippen LogP contribution in [0.2, 0.25) is 0 Å². The lowest BCUT2D eigenvalue weighted by molar-refractivity contribution is 0.112. The second-order valence-electron chi connectivity index (χ2n) is 7.76. The molecule has 25 heavy (non-hydrogen) atoms. The fraction of sp³-hybridized carbons (Fsp3) is 1.00. The van der Waals surface area contributed by atoms with Gasteiger partial charge in [0, 0.05) is 11.4 Å². The van der Waals surface area contributed by atoms with Gasteiger partial charge in [-0.2, -0.15) is 0 Å². The lowest BCUT2D eigenvalue weighted by atomic mass is 9.99. The molecule has 0 aromatic heterocycles. The van der Waals surface area contributed by atoms with E-state index in [2.05, 4.69) is 25.7 Å². The lowest BCUT2D eigenvalue weighted by Crippen LogP contribution is -2.38. The average Bonchev–Trinajstić information content (AvgIpc) is 2.57. The molecular formula is C22H46ClNO. The van der Waals surface area contributed by atoms with Crippen LogP contribution in [0, 0.1) is 0 Å². The summed E-state index contributed by atoms with van der Waals surface area (Å²) in [7, 11) is 0. The number of hydrogen-bond acceptors (Lipinski definition) is 2. The van der Waals surface area contributed by atoms with E-state index in [1.165, 1.54) is 64.2 Å². The van der Waals surface area contributed by atoms with E-state index in [1.807, 2.05) is 6.92 Å². The third-order valence-electron chi connectivity index (χ3n) is 5.34. The summed E-state index contributed by atoms with van der Waals surface area (Å²) in [5.41, 5.74) is 0. The molecule has 0 saturated heterocycles. The highest BCUT2D eigenvalue weighted by Gasteiger charge is 2.21. The van der Waals surface area contributed by atoms with Crippen LogP contribution in [0.3, 0.4) is 0 Å². The minimum Gasteiger partial charge on any atom is -0.393 e. The minimum atomic E-state index is -0.244. The Labute approximate surface area is 163 Å². The van der Waals surface area contributed by atoms with E-state index in [0.29, 0.717) is 6.04 Å². The Morgan fingerprint density at radius 2 is 1.24 bits per heavy atom. The van der Waals surface area contributed by atoms with Crippen LogP contribution in [0.5, 0.6) is 0 Å². The normalized spacial score (nSPS) is 15.5. The SMILES string of the molecule is CCCCCCCCCCCCC(Cl)CC(CC(C)O)N(CC)CC. The average molecular weight is 376 g/mol. The van der Waals surface area contributed by atoms with E-state index in [1.54, 1.807) is 0 Å². The Kier molecular flexibility index (Phi) is 17.8. The zero-order valence-corrected chi connectivity index (χ0v) is 18.4. The Balaban J connectivity index is 3.76. The van der Waals surface area contributed by atoms with Crippen molar-refractivity contribution < 1.29 is 5.11 Å². The molecule has 1 N–H and O–H groups in total. The predicted octanol–water partition coefficient (Wildman–Crippen LogP) is 6.78. The fourth-order valence-electron chi connectivity index (χ4n) is 3.79. The molecule has 0 rings (SSSR count). The van der Waals surface area contributed by atoms with E-state index in [4.69, 9.17) is 11.6 Å². The summed E-state index contributed by atoms with van der Waals surface area (Å²) < 4.78 is 0. The van der Waals surface area contributed by atoms with Crippen LogP contribution in [-0.4, -0.2) is 40.6 Å². The van der Waals surface area contributed by atoms with Crippen LogP contribution < -0.4 is 0 Å². The summed E-state index contributed by atoms with van der Waals surface area (Å²) in [6, 6.07) is 0.417. The lowest BCUT2D eigenvalue weighted by Gasteiger charge is -2.32. The van der Waals surface area contributed by atoms with Crippen LogP contribution in [0.1, 0.15) is 111 Å². The van der Waals surface area contributed by atoms with Gasteiger partial charge in [0.2, 0.25) is 0 Å². The third kappa shape index (κ3) is 15.0. The largest absolute Gasteiger partial charge is 0.393 e. The molecule has 3 heteroatoms. The molecule has 152 valence electrons. The molecule has 0 radical (unpaired) electrons. The fourth-order valence-corrected chi connectivity index (χ4v) is 4.15. The van der Waals surface area contributed by atoms with Gasteiger partial charge in [-0.1, -0.05) is 85.0 Å². The molecule has 0 aromatic carbocycles. The molecule has 0 saturated carbocycles. The molecule has 0 aliphatic rings. The zero-order chi connectivity index (χ0) is 18.9. The summed E-state index contributed by atoms with van der Waals surface area (Å²) in [6.07, 6.45) is 16.5. The van der Waals surface area contributed by atoms with E-state index < -0.39 is 0 Å². The van der Waals surface area contributed by atoms with Crippen molar-refractivity contribution in [2.24, 2.45) is 0 Å². The summed E-state index contributed by atoms with van der Waals surface area (Å²) in [5.74, 6) is 0. The van der Waals surface area contributed by atoms with Crippen molar-refractivity contribution in [2.45, 2.75) is 129 Å². The molecule has 0 aliphatic heterocycles. The van der Waals surface area contributed by atoms with Gasteiger partial charge in [-0.3, -0.25) is 0 Å². The molecule has 3 unspecified atom stereocenters. The first-order valence-corrected chi connectivity index (χ1v) is 11.5. The maximum Gasteiger partial charge on any atom is 0.0527 e. The van der Waals surface area contributed by atoms with Crippen molar-refractivity contribution in [3.05, 3.63) is 0 Å². The Morgan fingerprint density at radius 1 is 0.760 bits per heavy atom. The molecule has 0 aliphatic carbocycles. The maximum absolute atomic E-state index is 9.77. The molecule has 2 nitrogen and oxygen atoms in total. The van der Waals surface area contributed by atoms with Gasteiger partial charge in [-0.25, -0.2) is 0 Å². The van der Waals surface area contributed by atoms with Crippen molar-refractivity contribution >= 4 is 11.6 Å². The first-order chi connectivity index (χ1) is 12.0. The highest BCUT2D eigenvalue weighted by molar-refractivity contribution is 6.20. The maximum atomic E-state index is 9.77. The van der Waals surface area contributed by atoms with Crippen molar-refractivity contribution in [1.29, 1.82) is 0 Å². The summed E-state index contributed by atoms with van der Waals surface area (Å²) in [6.45, 7) is 10.6. The molecule has 0 amide bonds. The Hall–Kier alpha value is 0.210. The van der Waals surface area contributed by atoms with Crippen molar-refractivity contribution in [3.63, 3.8) is 0 Å². The quantitative estimate of drug-likeness (QED) is 0.211. The zero-order valence-electron chi connectivity index (χ0n) is 17.6. The van der Waals surface area contributed by atoms with Crippen molar-refractivity contribution in [3.8, 4) is 0 Å². The predicted molar refractivity (Wildman–Crippen MR) is 114 cm³/mol. The molecule has 0 spiro atoms. The number of unbranched alkanes of at least 4 members (excludes halogenated alkanes) is 9. The monoisotopic (exact) mass is 375 g/mol. The van der Waals surface area contributed by atoms with Crippen LogP contribution >= 0.6 is 11.6 Å². The molecule has 0 heterocycles. The van der Waals surface area contributed by atoms with Gasteiger partial charge in [0.05, 0.1) is 6.10 Å². The van der Waals surface area contributed by atoms with E-state index in [9.17, 15) is 5.11 Å². The van der Waals surface area contributed by atoms with Gasteiger partial charge in [0.1, 0.15) is 0 Å². The van der Waals surface area contributed by atoms with E-state index in [-0.39, 0.29) is 11.5 Å². The topological polar surface area (TPSA) is 23.5 Å². The Morgan fingerprint density at radius 3 is 1.68 bits per heavy atom. The molecule has 0 bridgehead atoms. The standard InChI is InChI=1S/C22H46ClNO/c1-5-8-9-10-11-12-13-14-15-16-17-21(23)19-22(18-20(4)25)24(6-2)7-3/h20-22,25H,5-19H2,1-4H3. The number of halogens is 1. The van der Waals surface area contributed by atoms with Crippen LogP contribution in [-0.2, 0) is 0 Å². The molecular weight excluding hydrogens is 330 g/mol. The summed E-state index contributed by atoms with van der Waals surface area (Å²) in [5, 5.41) is 10.0. The van der Waals surface area contributed by atoms with Crippen molar-refractivity contribution in [1.82, 2.24) is 4.90 Å². The van der Waals surface area contributed by atoms with Gasteiger partial charge >= 0.3 is 0 Å². The van der Waals surface area contributed by atoms with E-state index in [0.717, 1.165) is 32.4 Å². The number of aliphatic hydroxyl groups excluding tert-OH is 1. The number of nitrogens with zero attached hydrogens (tertiary/aromatic N) is 1. The number of hydrogen-bond donors (Lipinski definition) is 1. The molecule has 3 atom stereocenters. The van der Waals surface area contributed by atoms with Gasteiger partial charge in [-0.05, 0) is 39.3 Å². The van der Waals surface area contributed by atoms with Crippen LogP contribution in [0.15, 0.2) is 0 Å². The van der Waals surface area contributed by atoms with Crippen molar-refractivity contribution in [2.75, 3.05) is 13.1 Å². The van der Waals surface area contributed by atoms with Gasteiger partial charge < -0.3 is 10.0 Å². The second-order valence-corrected chi connectivity index (χ2v) is 8.38. The second kappa shape index (κ2) is 17.6. The first kappa shape index (κ1) is 25.2. The summed E-state index contributed by atoms with van der Waals surface area (Å²) >= 11 is 6.62.